The molecule has 0 amide bonds. The number of rotatable bonds is 10. The van der Waals surface area contributed by atoms with Gasteiger partial charge in [0.2, 0.25) is 0 Å². The fourth-order valence-corrected chi connectivity index (χ4v) is 4.13. The molecule has 1 saturated heterocycles. The summed E-state index contributed by atoms with van der Waals surface area (Å²) in [7, 11) is 0. The molecule has 0 bridgehead atoms. The first-order valence-electron chi connectivity index (χ1n) is 11.8. The van der Waals surface area contributed by atoms with E-state index in [1.807, 2.05) is 42.5 Å². The molecule has 0 radical (unpaired) electrons. The van der Waals surface area contributed by atoms with E-state index in [4.69, 9.17) is 14.6 Å². The zero-order valence-corrected chi connectivity index (χ0v) is 19.4. The first-order chi connectivity index (χ1) is 16.6. The summed E-state index contributed by atoms with van der Waals surface area (Å²) in [6, 6.07) is 26.4. The Morgan fingerprint density at radius 2 is 1.21 bits per heavy atom. The molecule has 6 nitrogen and oxygen atoms in total. The van der Waals surface area contributed by atoms with E-state index in [1.165, 1.54) is 16.7 Å². The largest absolute Gasteiger partial charge is 0.489 e. The normalized spacial score (nSPS) is 14.9. The Hall–Kier alpha value is -3.35. The number of nitrogens with zero attached hydrogens (tertiary/aromatic N) is 2. The van der Waals surface area contributed by atoms with Crippen molar-refractivity contribution in [1.82, 2.24) is 9.80 Å². The Bertz CT molecular complexity index is 1020. The maximum absolute atomic E-state index is 10.6. The summed E-state index contributed by atoms with van der Waals surface area (Å²) < 4.78 is 11.1. The predicted octanol–water partition coefficient (Wildman–Crippen LogP) is 4.44. The van der Waals surface area contributed by atoms with Crippen LogP contribution < -0.4 is 9.47 Å². The molecule has 0 spiro atoms. The molecule has 178 valence electrons. The number of carboxylic acid groups (broad SMARTS) is 1. The van der Waals surface area contributed by atoms with Crippen molar-refractivity contribution < 1.29 is 19.4 Å². The van der Waals surface area contributed by atoms with Crippen molar-refractivity contribution >= 4 is 5.97 Å². The van der Waals surface area contributed by atoms with E-state index >= 15 is 0 Å². The van der Waals surface area contributed by atoms with Crippen LogP contribution in [0.15, 0.2) is 78.9 Å². The summed E-state index contributed by atoms with van der Waals surface area (Å²) >= 11 is 0. The van der Waals surface area contributed by atoms with Crippen molar-refractivity contribution in [2.24, 2.45) is 0 Å². The van der Waals surface area contributed by atoms with Gasteiger partial charge < -0.3 is 14.6 Å². The minimum Gasteiger partial charge on any atom is -0.489 e. The Kier molecular flexibility index (Phi) is 8.54. The fraction of sp³-hybridized carbons (Fsp3) is 0.321. The molecule has 0 aliphatic carbocycles. The molecular weight excluding hydrogens is 428 g/mol. The van der Waals surface area contributed by atoms with E-state index < -0.39 is 5.97 Å². The zero-order valence-electron chi connectivity index (χ0n) is 19.4. The van der Waals surface area contributed by atoms with Gasteiger partial charge in [0.05, 0.1) is 0 Å². The molecule has 3 aromatic carbocycles. The van der Waals surface area contributed by atoms with Crippen molar-refractivity contribution in [2.45, 2.75) is 26.1 Å². The highest BCUT2D eigenvalue weighted by Gasteiger charge is 2.15. The van der Waals surface area contributed by atoms with Crippen LogP contribution in [0.5, 0.6) is 11.5 Å². The van der Waals surface area contributed by atoms with Gasteiger partial charge in [-0.2, -0.15) is 0 Å². The molecule has 34 heavy (non-hydrogen) atoms. The Morgan fingerprint density at radius 3 is 1.74 bits per heavy atom. The van der Waals surface area contributed by atoms with Gasteiger partial charge in [0.1, 0.15) is 18.1 Å². The fourth-order valence-electron chi connectivity index (χ4n) is 4.13. The standard InChI is InChI=1S/C28H32N2O4/c31-28(32)22-34-27-13-9-24(10-14-27)20-30-16-4-15-29(17-18-30)19-23-7-11-26(12-8-23)33-21-25-5-2-1-3-6-25/h1-3,5-14H,4,15-22H2,(H,31,32). The molecule has 3 aromatic rings. The SMILES string of the molecule is O=C(O)COc1ccc(CN2CCCN(Cc3ccc(OCc4ccccc4)cc3)CC2)cc1. The first-order valence-corrected chi connectivity index (χ1v) is 11.8. The summed E-state index contributed by atoms with van der Waals surface area (Å²) in [4.78, 5) is 15.6. The molecular formula is C28H32N2O4. The van der Waals surface area contributed by atoms with Gasteiger partial charge in [-0.25, -0.2) is 4.79 Å². The average molecular weight is 461 g/mol. The second-order valence-corrected chi connectivity index (χ2v) is 8.65. The van der Waals surface area contributed by atoms with Gasteiger partial charge >= 0.3 is 5.97 Å². The number of carboxylic acids is 1. The monoisotopic (exact) mass is 460 g/mol. The summed E-state index contributed by atoms with van der Waals surface area (Å²) in [6.07, 6.45) is 1.14. The number of hydrogen-bond acceptors (Lipinski definition) is 5. The zero-order chi connectivity index (χ0) is 23.6. The Balaban J connectivity index is 1.21. The van der Waals surface area contributed by atoms with Crippen molar-refractivity contribution in [1.29, 1.82) is 0 Å². The van der Waals surface area contributed by atoms with Crippen LogP contribution in [-0.2, 0) is 24.5 Å². The van der Waals surface area contributed by atoms with E-state index in [9.17, 15) is 4.79 Å². The molecule has 1 fully saturated rings. The highest BCUT2D eigenvalue weighted by atomic mass is 16.5. The van der Waals surface area contributed by atoms with Gasteiger partial charge in [-0.15, -0.1) is 0 Å². The van der Waals surface area contributed by atoms with Gasteiger partial charge in [0.25, 0.3) is 0 Å². The topological polar surface area (TPSA) is 62.2 Å². The van der Waals surface area contributed by atoms with Gasteiger partial charge in [0.15, 0.2) is 6.61 Å². The lowest BCUT2D eigenvalue weighted by atomic mass is 10.2. The summed E-state index contributed by atoms with van der Waals surface area (Å²) in [5, 5.41) is 8.72. The molecule has 1 aliphatic rings. The third kappa shape index (κ3) is 7.61. The van der Waals surface area contributed by atoms with Crippen LogP contribution >= 0.6 is 0 Å². The summed E-state index contributed by atoms with van der Waals surface area (Å²) in [5.41, 5.74) is 3.68. The highest BCUT2D eigenvalue weighted by Crippen LogP contribution is 2.18. The molecule has 0 atom stereocenters. The first kappa shape index (κ1) is 23.8. The predicted molar refractivity (Wildman–Crippen MR) is 132 cm³/mol. The number of hydrogen-bond donors (Lipinski definition) is 1. The second-order valence-electron chi connectivity index (χ2n) is 8.65. The number of carbonyl (C=O) groups is 1. The maximum atomic E-state index is 10.6. The molecule has 0 saturated carbocycles. The lowest BCUT2D eigenvalue weighted by molar-refractivity contribution is -0.139. The third-order valence-electron chi connectivity index (χ3n) is 5.95. The van der Waals surface area contributed by atoms with Crippen LogP contribution in [0.4, 0.5) is 0 Å². The van der Waals surface area contributed by atoms with E-state index in [-0.39, 0.29) is 6.61 Å². The second kappa shape index (κ2) is 12.2. The van der Waals surface area contributed by atoms with Crippen LogP contribution in [0.2, 0.25) is 0 Å². The van der Waals surface area contributed by atoms with Gasteiger partial charge in [-0.3, -0.25) is 9.80 Å². The minimum atomic E-state index is -0.967. The molecule has 0 aromatic heterocycles. The summed E-state index contributed by atoms with van der Waals surface area (Å²) in [5.74, 6) is 0.518. The quantitative estimate of drug-likeness (QED) is 0.483. The maximum Gasteiger partial charge on any atom is 0.341 e. The van der Waals surface area contributed by atoms with Crippen LogP contribution in [0.3, 0.4) is 0 Å². The number of aliphatic carboxylic acids is 1. The van der Waals surface area contributed by atoms with E-state index in [2.05, 4.69) is 46.2 Å². The average Bonchev–Trinajstić information content (AvgIpc) is 3.08. The Labute approximate surface area is 201 Å². The molecule has 1 N–H and O–H groups in total. The van der Waals surface area contributed by atoms with Gasteiger partial charge in [-0.05, 0) is 60.5 Å². The van der Waals surface area contributed by atoms with Crippen molar-refractivity contribution in [2.75, 3.05) is 32.8 Å². The molecule has 6 heteroatoms. The van der Waals surface area contributed by atoms with E-state index in [0.717, 1.165) is 51.4 Å². The van der Waals surface area contributed by atoms with E-state index in [1.54, 1.807) is 0 Å². The lowest BCUT2D eigenvalue weighted by Crippen LogP contribution is -2.30. The number of benzene rings is 3. The van der Waals surface area contributed by atoms with Crippen LogP contribution in [0.25, 0.3) is 0 Å². The third-order valence-corrected chi connectivity index (χ3v) is 5.95. The van der Waals surface area contributed by atoms with Crippen LogP contribution in [0, 0.1) is 0 Å². The number of ether oxygens (including phenoxy) is 2. The van der Waals surface area contributed by atoms with Crippen molar-refractivity contribution in [3.8, 4) is 11.5 Å². The smallest absolute Gasteiger partial charge is 0.341 e. The minimum absolute atomic E-state index is 0.315. The Morgan fingerprint density at radius 1 is 0.676 bits per heavy atom. The lowest BCUT2D eigenvalue weighted by Gasteiger charge is -2.22. The van der Waals surface area contributed by atoms with Crippen molar-refractivity contribution in [3.05, 3.63) is 95.6 Å². The van der Waals surface area contributed by atoms with Gasteiger partial charge in [0, 0.05) is 26.2 Å². The molecule has 4 rings (SSSR count). The highest BCUT2D eigenvalue weighted by molar-refractivity contribution is 5.68. The molecule has 0 unspecified atom stereocenters. The van der Waals surface area contributed by atoms with Gasteiger partial charge in [-0.1, -0.05) is 54.6 Å². The van der Waals surface area contributed by atoms with Crippen LogP contribution in [-0.4, -0.2) is 53.7 Å². The van der Waals surface area contributed by atoms with E-state index in [0.29, 0.717) is 12.4 Å². The van der Waals surface area contributed by atoms with Crippen LogP contribution in [0.1, 0.15) is 23.1 Å². The molecule has 1 heterocycles. The molecule has 1 aliphatic heterocycles. The summed E-state index contributed by atoms with van der Waals surface area (Å²) in [6.45, 7) is 6.32. The van der Waals surface area contributed by atoms with Crippen molar-refractivity contribution in [3.63, 3.8) is 0 Å².